The van der Waals surface area contributed by atoms with E-state index >= 15 is 0 Å². The third kappa shape index (κ3) is 5.35. The molecule has 4 nitrogen and oxygen atoms in total. The SMILES string of the molecule is CCCC(C)(CO)NC(=O)NC(CC)CC. The standard InChI is InChI=1S/C12H26N2O2/c1-5-8-12(4,9-15)14-11(16)13-10(6-2)7-3/h10,15H,5-9H2,1-4H3,(H2,13,14,16). The van der Waals surface area contributed by atoms with E-state index in [1.807, 2.05) is 27.7 Å². The monoisotopic (exact) mass is 230 g/mol. The fourth-order valence-electron chi connectivity index (χ4n) is 1.72. The molecule has 1 unspecified atom stereocenters. The lowest BCUT2D eigenvalue weighted by Gasteiger charge is -2.29. The normalized spacial score (nSPS) is 14.6. The fourth-order valence-corrected chi connectivity index (χ4v) is 1.72. The highest BCUT2D eigenvalue weighted by molar-refractivity contribution is 5.75. The highest BCUT2D eigenvalue weighted by atomic mass is 16.3. The number of hydrogen-bond donors (Lipinski definition) is 3. The number of aliphatic hydroxyl groups excluding tert-OH is 1. The van der Waals surface area contributed by atoms with Gasteiger partial charge in [0.2, 0.25) is 0 Å². The maximum absolute atomic E-state index is 11.7. The van der Waals surface area contributed by atoms with Crippen molar-refractivity contribution in [2.45, 2.75) is 65.0 Å². The summed E-state index contributed by atoms with van der Waals surface area (Å²) in [6, 6.07) is 0.0308. The van der Waals surface area contributed by atoms with E-state index in [0.29, 0.717) is 0 Å². The molecule has 0 heterocycles. The van der Waals surface area contributed by atoms with Gasteiger partial charge in [0.15, 0.2) is 0 Å². The predicted molar refractivity (Wildman–Crippen MR) is 66.4 cm³/mol. The zero-order valence-electron chi connectivity index (χ0n) is 11.0. The summed E-state index contributed by atoms with van der Waals surface area (Å²) in [5, 5.41) is 15.0. The number of urea groups is 1. The Morgan fingerprint density at radius 2 is 1.88 bits per heavy atom. The summed E-state index contributed by atoms with van der Waals surface area (Å²) in [5.74, 6) is 0. The van der Waals surface area contributed by atoms with E-state index in [9.17, 15) is 9.90 Å². The van der Waals surface area contributed by atoms with Crippen LogP contribution in [0.4, 0.5) is 4.79 Å². The number of carbonyl (C=O) groups excluding carboxylic acids is 1. The van der Waals surface area contributed by atoms with Crippen LogP contribution < -0.4 is 10.6 Å². The second kappa shape index (κ2) is 7.49. The smallest absolute Gasteiger partial charge is 0.315 e. The highest BCUT2D eigenvalue weighted by Crippen LogP contribution is 2.11. The predicted octanol–water partition coefficient (Wildman–Crippen LogP) is 2.03. The quantitative estimate of drug-likeness (QED) is 0.626. The summed E-state index contributed by atoms with van der Waals surface area (Å²) >= 11 is 0. The summed E-state index contributed by atoms with van der Waals surface area (Å²) < 4.78 is 0. The zero-order chi connectivity index (χ0) is 12.6. The van der Waals surface area contributed by atoms with E-state index < -0.39 is 5.54 Å². The van der Waals surface area contributed by atoms with Gasteiger partial charge in [-0.1, -0.05) is 27.2 Å². The van der Waals surface area contributed by atoms with Crippen LogP contribution in [-0.4, -0.2) is 29.3 Å². The minimum atomic E-state index is -0.509. The van der Waals surface area contributed by atoms with Gasteiger partial charge in [0.05, 0.1) is 12.1 Å². The van der Waals surface area contributed by atoms with E-state index in [1.165, 1.54) is 0 Å². The van der Waals surface area contributed by atoms with Crippen LogP contribution in [-0.2, 0) is 0 Å². The Labute approximate surface area is 98.8 Å². The van der Waals surface area contributed by atoms with Gasteiger partial charge in [-0.25, -0.2) is 4.79 Å². The van der Waals surface area contributed by atoms with Crippen molar-refractivity contribution in [2.24, 2.45) is 0 Å². The Hall–Kier alpha value is -0.770. The van der Waals surface area contributed by atoms with E-state index in [4.69, 9.17) is 0 Å². The van der Waals surface area contributed by atoms with Gasteiger partial charge in [-0.05, 0) is 26.2 Å². The maximum Gasteiger partial charge on any atom is 0.315 e. The summed E-state index contributed by atoms with van der Waals surface area (Å²) in [6.45, 7) is 7.96. The lowest BCUT2D eigenvalue weighted by molar-refractivity contribution is 0.162. The Morgan fingerprint density at radius 3 is 2.25 bits per heavy atom. The molecule has 16 heavy (non-hydrogen) atoms. The number of hydrogen-bond acceptors (Lipinski definition) is 2. The van der Waals surface area contributed by atoms with Crippen molar-refractivity contribution in [1.29, 1.82) is 0 Å². The summed E-state index contributed by atoms with van der Waals surface area (Å²) in [4.78, 5) is 11.7. The van der Waals surface area contributed by atoms with Crippen LogP contribution in [0.15, 0.2) is 0 Å². The van der Waals surface area contributed by atoms with Gasteiger partial charge in [0.25, 0.3) is 0 Å². The van der Waals surface area contributed by atoms with Crippen LogP contribution in [0.25, 0.3) is 0 Å². The number of rotatable bonds is 7. The first-order valence-electron chi connectivity index (χ1n) is 6.20. The topological polar surface area (TPSA) is 61.4 Å². The molecule has 3 N–H and O–H groups in total. The number of aliphatic hydroxyl groups is 1. The van der Waals surface area contributed by atoms with Gasteiger partial charge in [-0.3, -0.25) is 0 Å². The molecule has 96 valence electrons. The van der Waals surface area contributed by atoms with Gasteiger partial charge in [-0.2, -0.15) is 0 Å². The second-order valence-electron chi connectivity index (χ2n) is 4.58. The number of nitrogens with one attached hydrogen (secondary N) is 2. The molecule has 0 saturated carbocycles. The van der Waals surface area contributed by atoms with E-state index in [-0.39, 0.29) is 18.7 Å². The van der Waals surface area contributed by atoms with Gasteiger partial charge in [0, 0.05) is 6.04 Å². The second-order valence-corrected chi connectivity index (χ2v) is 4.58. The first-order chi connectivity index (χ1) is 7.51. The lowest BCUT2D eigenvalue weighted by Crippen LogP contribution is -2.54. The van der Waals surface area contributed by atoms with Crippen molar-refractivity contribution in [2.75, 3.05) is 6.61 Å². The largest absolute Gasteiger partial charge is 0.394 e. The van der Waals surface area contributed by atoms with Crippen molar-refractivity contribution in [1.82, 2.24) is 10.6 Å². The third-order valence-electron chi connectivity index (χ3n) is 2.89. The molecule has 0 radical (unpaired) electrons. The Bertz CT molecular complexity index is 205. The van der Waals surface area contributed by atoms with E-state index in [1.54, 1.807) is 0 Å². The van der Waals surface area contributed by atoms with Crippen molar-refractivity contribution in [3.05, 3.63) is 0 Å². The molecule has 0 bridgehead atoms. The van der Waals surface area contributed by atoms with Crippen molar-refractivity contribution >= 4 is 6.03 Å². The summed E-state index contributed by atoms with van der Waals surface area (Å²) in [6.07, 6.45) is 3.56. The molecule has 0 rings (SSSR count). The third-order valence-corrected chi connectivity index (χ3v) is 2.89. The fraction of sp³-hybridized carbons (Fsp3) is 0.917. The molecule has 0 fully saturated rings. The molecule has 0 aromatic carbocycles. The Balaban J connectivity index is 4.19. The molecule has 0 aromatic rings. The lowest BCUT2D eigenvalue weighted by atomic mass is 9.97. The van der Waals surface area contributed by atoms with Crippen molar-refractivity contribution < 1.29 is 9.90 Å². The molecule has 0 spiro atoms. The van der Waals surface area contributed by atoms with Crippen LogP contribution >= 0.6 is 0 Å². The van der Waals surface area contributed by atoms with Gasteiger partial charge in [0.1, 0.15) is 0 Å². The van der Waals surface area contributed by atoms with E-state index in [2.05, 4.69) is 10.6 Å². The molecule has 0 aliphatic heterocycles. The first kappa shape index (κ1) is 15.2. The zero-order valence-corrected chi connectivity index (χ0v) is 11.0. The van der Waals surface area contributed by atoms with E-state index in [0.717, 1.165) is 25.7 Å². The molecule has 0 saturated heterocycles. The first-order valence-corrected chi connectivity index (χ1v) is 6.20. The van der Waals surface area contributed by atoms with Crippen LogP contribution in [0.2, 0.25) is 0 Å². The maximum atomic E-state index is 11.7. The Morgan fingerprint density at radius 1 is 1.31 bits per heavy atom. The molecule has 1 atom stereocenters. The summed E-state index contributed by atoms with van der Waals surface area (Å²) in [5.41, 5.74) is -0.509. The number of amides is 2. The van der Waals surface area contributed by atoms with Gasteiger partial charge >= 0.3 is 6.03 Å². The van der Waals surface area contributed by atoms with Crippen LogP contribution in [0.5, 0.6) is 0 Å². The average Bonchev–Trinajstić information content (AvgIpc) is 2.26. The average molecular weight is 230 g/mol. The molecular weight excluding hydrogens is 204 g/mol. The molecule has 0 aliphatic carbocycles. The van der Waals surface area contributed by atoms with Crippen LogP contribution in [0, 0.1) is 0 Å². The molecule has 2 amide bonds. The Kier molecular flexibility index (Phi) is 7.13. The number of carbonyl (C=O) groups is 1. The highest BCUT2D eigenvalue weighted by Gasteiger charge is 2.24. The summed E-state index contributed by atoms with van der Waals surface area (Å²) in [7, 11) is 0. The minimum Gasteiger partial charge on any atom is -0.394 e. The van der Waals surface area contributed by atoms with Crippen molar-refractivity contribution in [3.8, 4) is 0 Å². The molecular formula is C12H26N2O2. The molecule has 4 heteroatoms. The van der Waals surface area contributed by atoms with Gasteiger partial charge in [-0.15, -0.1) is 0 Å². The van der Waals surface area contributed by atoms with Crippen LogP contribution in [0.1, 0.15) is 53.4 Å². The van der Waals surface area contributed by atoms with Crippen molar-refractivity contribution in [3.63, 3.8) is 0 Å². The minimum absolute atomic E-state index is 0.0306. The molecule has 0 aliphatic rings. The van der Waals surface area contributed by atoms with Crippen LogP contribution in [0.3, 0.4) is 0 Å². The van der Waals surface area contributed by atoms with Gasteiger partial charge < -0.3 is 15.7 Å². The molecule has 0 aromatic heterocycles.